The van der Waals surface area contributed by atoms with E-state index < -0.39 is 0 Å². The molecule has 0 amide bonds. The summed E-state index contributed by atoms with van der Waals surface area (Å²) < 4.78 is 9.43. The van der Waals surface area contributed by atoms with Crippen LogP contribution in [0.2, 0.25) is 0 Å². The van der Waals surface area contributed by atoms with E-state index in [1.165, 1.54) is 0 Å². The average Bonchev–Trinajstić information content (AvgIpc) is 1.81. The maximum Gasteiger partial charge on any atom is 0.0736 e. The average molecular weight is 138 g/mol. The Bertz CT molecular complexity index is 36.3. The Morgan fingerprint density at radius 3 is 2.50 bits per heavy atom. The predicted octanol–water partition coefficient (Wildman–Crippen LogP) is -0.198. The molecule has 0 saturated heterocycles. The highest BCUT2D eigenvalue weighted by atomic mass is 31.0. The molecule has 0 aliphatic heterocycles. The Kier molecular flexibility index (Phi) is 7.59. The van der Waals surface area contributed by atoms with Gasteiger partial charge >= 0.3 is 0 Å². The van der Waals surface area contributed by atoms with Gasteiger partial charge in [0.15, 0.2) is 0 Å². The van der Waals surface area contributed by atoms with Crippen molar-refractivity contribution in [2.24, 2.45) is 0 Å². The van der Waals surface area contributed by atoms with Crippen molar-refractivity contribution >= 4 is 9.47 Å². The van der Waals surface area contributed by atoms with Gasteiger partial charge in [-0.15, -0.1) is 0 Å². The van der Waals surface area contributed by atoms with Gasteiger partial charge in [0, 0.05) is 9.47 Å². The monoisotopic (exact) mass is 138 g/mol. The fourth-order valence-corrected chi connectivity index (χ4v) is 0.370. The molecule has 1 unspecified atom stereocenters. The maximum absolute atomic E-state index is 8.19. The lowest BCUT2D eigenvalue weighted by Crippen LogP contribution is -2.03. The summed E-state index contributed by atoms with van der Waals surface area (Å²) in [5, 5.41) is 8.19. The molecule has 8 heavy (non-hydrogen) atoms. The van der Waals surface area contributed by atoms with Gasteiger partial charge in [0.1, 0.15) is 0 Å². The summed E-state index contributed by atoms with van der Waals surface area (Å²) in [5.74, 6) is 0. The minimum atomic E-state index is 0.0802. The first-order valence-corrected chi connectivity index (χ1v) is 2.89. The number of rotatable bonds is 5. The van der Waals surface area contributed by atoms with Crippen molar-refractivity contribution in [2.45, 2.75) is 0 Å². The van der Waals surface area contributed by atoms with Crippen molar-refractivity contribution in [1.82, 2.24) is 0 Å². The largest absolute Gasteiger partial charge is 0.394 e. The lowest BCUT2D eigenvalue weighted by atomic mass is 10.7. The lowest BCUT2D eigenvalue weighted by molar-refractivity contribution is 0.0745. The summed E-state index contributed by atoms with van der Waals surface area (Å²) in [4.78, 5) is 0. The topological polar surface area (TPSA) is 38.7 Å². The van der Waals surface area contributed by atoms with Crippen LogP contribution in [-0.4, -0.2) is 31.5 Å². The molecule has 0 radical (unpaired) electrons. The molecule has 0 fully saturated rings. The van der Waals surface area contributed by atoms with E-state index in [-0.39, 0.29) is 6.61 Å². The van der Waals surface area contributed by atoms with E-state index in [2.05, 4.69) is 14.0 Å². The lowest BCUT2D eigenvalue weighted by Gasteiger charge is -1.98. The van der Waals surface area contributed by atoms with Crippen molar-refractivity contribution in [3.8, 4) is 0 Å². The van der Waals surface area contributed by atoms with Crippen LogP contribution in [0.15, 0.2) is 0 Å². The zero-order valence-corrected chi connectivity index (χ0v) is 5.82. The smallest absolute Gasteiger partial charge is 0.0736 e. The van der Waals surface area contributed by atoms with Gasteiger partial charge in [-0.1, -0.05) is 0 Å². The van der Waals surface area contributed by atoms with Crippen molar-refractivity contribution in [2.75, 3.05) is 26.4 Å². The minimum absolute atomic E-state index is 0.0802. The van der Waals surface area contributed by atoms with E-state index in [0.29, 0.717) is 19.8 Å². The predicted molar refractivity (Wildman–Crippen MR) is 33.6 cm³/mol. The Morgan fingerprint density at radius 1 is 1.25 bits per heavy atom. The normalized spacial score (nSPS) is 9.75. The molecule has 3 nitrogen and oxygen atoms in total. The third-order valence-corrected chi connectivity index (χ3v) is 0.817. The molecular weight excluding hydrogens is 127 g/mol. The van der Waals surface area contributed by atoms with E-state index in [1.807, 2.05) is 0 Å². The van der Waals surface area contributed by atoms with Crippen molar-refractivity contribution in [3.05, 3.63) is 0 Å². The van der Waals surface area contributed by atoms with Crippen LogP contribution in [0.4, 0.5) is 0 Å². The van der Waals surface area contributed by atoms with E-state index in [0.717, 1.165) is 0 Å². The van der Waals surface area contributed by atoms with Gasteiger partial charge in [-0.25, -0.2) is 0 Å². The van der Waals surface area contributed by atoms with E-state index in [1.54, 1.807) is 0 Å². The van der Waals surface area contributed by atoms with Gasteiger partial charge in [-0.3, -0.25) is 0 Å². The molecule has 0 spiro atoms. The highest BCUT2D eigenvalue weighted by molar-refractivity contribution is 7.09. The molecule has 0 aromatic rings. The first-order valence-electron chi connectivity index (χ1n) is 2.42. The number of aliphatic hydroxyl groups is 1. The first kappa shape index (κ1) is 8.31. The zero-order chi connectivity index (χ0) is 6.24. The number of hydrogen-bond acceptors (Lipinski definition) is 3. The van der Waals surface area contributed by atoms with Crippen molar-refractivity contribution in [3.63, 3.8) is 0 Å². The zero-order valence-electron chi connectivity index (χ0n) is 4.67. The van der Waals surface area contributed by atoms with Gasteiger partial charge in [0.2, 0.25) is 0 Å². The van der Waals surface area contributed by atoms with Crippen LogP contribution in [0, 0.1) is 0 Å². The maximum atomic E-state index is 8.19. The molecule has 4 heteroatoms. The Morgan fingerprint density at radius 2 is 2.00 bits per heavy atom. The molecule has 0 bridgehead atoms. The molecule has 1 atom stereocenters. The third-order valence-electron chi connectivity index (χ3n) is 0.581. The summed E-state index contributed by atoms with van der Waals surface area (Å²) in [5.41, 5.74) is 0. The van der Waals surface area contributed by atoms with Crippen LogP contribution < -0.4 is 0 Å². The molecule has 0 aliphatic rings. The summed E-state index contributed by atoms with van der Waals surface area (Å²) in [7, 11) is 2.12. The summed E-state index contributed by atoms with van der Waals surface area (Å²) in [6, 6.07) is 0. The number of aliphatic hydroxyl groups excluding tert-OH is 1. The highest BCUT2D eigenvalue weighted by Gasteiger charge is 1.82. The van der Waals surface area contributed by atoms with Crippen LogP contribution in [0.1, 0.15) is 0 Å². The SMILES string of the molecule is OCCOCCOP. The van der Waals surface area contributed by atoms with Crippen LogP contribution in [0.3, 0.4) is 0 Å². The minimum Gasteiger partial charge on any atom is -0.394 e. The van der Waals surface area contributed by atoms with Gasteiger partial charge < -0.3 is 14.4 Å². The summed E-state index contributed by atoms with van der Waals surface area (Å²) in [6.45, 7) is 1.58. The molecule has 50 valence electrons. The van der Waals surface area contributed by atoms with E-state index in [9.17, 15) is 0 Å². The highest BCUT2D eigenvalue weighted by Crippen LogP contribution is 1.83. The van der Waals surface area contributed by atoms with Gasteiger partial charge in [0.05, 0.1) is 26.4 Å². The number of hydrogen-bond donors (Lipinski definition) is 1. The molecule has 0 rings (SSSR count). The van der Waals surface area contributed by atoms with Crippen LogP contribution in [0.5, 0.6) is 0 Å². The van der Waals surface area contributed by atoms with Gasteiger partial charge in [0.25, 0.3) is 0 Å². The second kappa shape index (κ2) is 7.31. The fourth-order valence-electron chi connectivity index (χ4n) is 0.274. The van der Waals surface area contributed by atoms with Gasteiger partial charge in [-0.2, -0.15) is 0 Å². The molecule has 1 N–H and O–H groups in total. The third kappa shape index (κ3) is 6.31. The Hall–Kier alpha value is 0.310. The standard InChI is InChI=1S/C4H11O3P/c5-1-2-6-3-4-7-8/h5H,1-4,8H2. The van der Waals surface area contributed by atoms with Crippen LogP contribution in [-0.2, 0) is 9.26 Å². The quantitative estimate of drug-likeness (QED) is 0.422. The van der Waals surface area contributed by atoms with Crippen molar-refractivity contribution in [1.29, 1.82) is 0 Å². The van der Waals surface area contributed by atoms with Crippen LogP contribution in [0.25, 0.3) is 0 Å². The molecule has 0 aromatic heterocycles. The fraction of sp³-hybridized carbons (Fsp3) is 1.00. The molecule has 0 aliphatic carbocycles. The molecule has 0 aromatic carbocycles. The van der Waals surface area contributed by atoms with Crippen LogP contribution >= 0.6 is 9.47 Å². The number of ether oxygens (including phenoxy) is 1. The molecule has 0 saturated carbocycles. The van der Waals surface area contributed by atoms with Crippen molar-refractivity contribution < 1.29 is 14.4 Å². The second-order valence-electron chi connectivity index (χ2n) is 1.21. The summed E-state index contributed by atoms with van der Waals surface area (Å²) >= 11 is 0. The Balaban J connectivity index is 2.53. The molecule has 0 heterocycles. The van der Waals surface area contributed by atoms with E-state index >= 15 is 0 Å². The van der Waals surface area contributed by atoms with Gasteiger partial charge in [-0.05, 0) is 0 Å². The summed E-state index contributed by atoms with van der Waals surface area (Å²) in [6.07, 6.45) is 0. The van der Waals surface area contributed by atoms with E-state index in [4.69, 9.17) is 9.84 Å². The molecular formula is C4H11O3P. The second-order valence-corrected chi connectivity index (χ2v) is 1.54. The first-order chi connectivity index (χ1) is 3.91. The Labute approximate surface area is 51.3 Å².